The van der Waals surface area contributed by atoms with Crippen LogP contribution in [0.5, 0.6) is 0 Å². The zero-order valence-corrected chi connectivity index (χ0v) is 11.7. The molecule has 1 heterocycles. The Morgan fingerprint density at radius 3 is 3.05 bits per heavy atom. The van der Waals surface area contributed by atoms with Crippen molar-refractivity contribution < 1.29 is 4.74 Å². The second-order valence-electron chi connectivity index (χ2n) is 4.20. The minimum atomic E-state index is 0.182. The topological polar surface area (TPSA) is 89.5 Å². The van der Waals surface area contributed by atoms with Crippen LogP contribution in [0, 0.1) is 0 Å². The first kappa shape index (κ1) is 15.5. The average molecular weight is 268 g/mol. The van der Waals surface area contributed by atoms with Gasteiger partial charge in [0.15, 0.2) is 0 Å². The van der Waals surface area contributed by atoms with E-state index in [9.17, 15) is 0 Å². The van der Waals surface area contributed by atoms with Crippen LogP contribution in [0.1, 0.15) is 20.3 Å². The molecule has 0 aliphatic rings. The van der Waals surface area contributed by atoms with Gasteiger partial charge >= 0.3 is 0 Å². The van der Waals surface area contributed by atoms with Gasteiger partial charge in [0, 0.05) is 38.2 Å². The molecular weight excluding hydrogens is 244 g/mol. The van der Waals surface area contributed by atoms with Crippen LogP contribution in [-0.4, -0.2) is 41.5 Å². The van der Waals surface area contributed by atoms with Gasteiger partial charge in [0.1, 0.15) is 0 Å². The van der Waals surface area contributed by atoms with Crippen LogP contribution >= 0.6 is 0 Å². The predicted molar refractivity (Wildman–Crippen MR) is 75.6 cm³/mol. The van der Waals surface area contributed by atoms with Crippen molar-refractivity contribution in [2.75, 3.05) is 19.8 Å². The van der Waals surface area contributed by atoms with Crippen molar-refractivity contribution in [3.63, 3.8) is 0 Å². The van der Waals surface area contributed by atoms with E-state index in [-0.39, 0.29) is 6.04 Å². The van der Waals surface area contributed by atoms with Gasteiger partial charge in [-0.05, 0) is 26.3 Å². The molecular formula is C12H24N6O. The first-order valence-corrected chi connectivity index (χ1v) is 6.59. The van der Waals surface area contributed by atoms with Crippen molar-refractivity contribution in [3.05, 3.63) is 18.5 Å². The normalized spacial score (nSPS) is 13.3. The van der Waals surface area contributed by atoms with Crippen molar-refractivity contribution in [1.29, 1.82) is 0 Å². The third-order valence-electron chi connectivity index (χ3n) is 2.46. The van der Waals surface area contributed by atoms with Crippen LogP contribution in [0.4, 0.5) is 0 Å². The molecule has 0 spiro atoms. The van der Waals surface area contributed by atoms with Gasteiger partial charge in [0.25, 0.3) is 0 Å². The molecule has 0 aliphatic heterocycles. The number of hydrazine groups is 1. The van der Waals surface area contributed by atoms with Crippen molar-refractivity contribution in [2.45, 2.75) is 32.9 Å². The lowest BCUT2D eigenvalue weighted by Crippen LogP contribution is -2.46. The van der Waals surface area contributed by atoms with Gasteiger partial charge < -0.3 is 10.1 Å². The molecule has 4 N–H and O–H groups in total. The fourth-order valence-electron chi connectivity index (χ4n) is 1.60. The molecule has 1 rings (SSSR count). The number of hydrogen-bond donors (Lipinski definition) is 3. The summed E-state index contributed by atoms with van der Waals surface area (Å²) in [5, 5.41) is 7.36. The van der Waals surface area contributed by atoms with Crippen molar-refractivity contribution in [2.24, 2.45) is 10.8 Å². The second kappa shape index (κ2) is 9.35. The summed E-state index contributed by atoms with van der Waals surface area (Å²) in [7, 11) is 0. The molecule has 1 aromatic heterocycles. The SMILES string of the molecule is CCOCCCN=C(NN)NC(C)Cn1cccn1. The lowest BCUT2D eigenvalue weighted by Gasteiger charge is -2.16. The molecule has 0 aliphatic carbocycles. The average Bonchev–Trinajstić information content (AvgIpc) is 2.89. The first-order chi connectivity index (χ1) is 9.26. The highest BCUT2D eigenvalue weighted by Gasteiger charge is 2.05. The van der Waals surface area contributed by atoms with Crippen LogP contribution < -0.4 is 16.6 Å². The molecule has 19 heavy (non-hydrogen) atoms. The van der Waals surface area contributed by atoms with Crippen molar-refractivity contribution >= 4 is 5.96 Å². The molecule has 108 valence electrons. The number of rotatable bonds is 8. The van der Waals surface area contributed by atoms with Gasteiger partial charge in [-0.25, -0.2) is 5.84 Å². The molecule has 0 saturated carbocycles. The monoisotopic (exact) mass is 268 g/mol. The fourth-order valence-corrected chi connectivity index (χ4v) is 1.60. The summed E-state index contributed by atoms with van der Waals surface area (Å²) in [6.07, 6.45) is 4.57. The summed E-state index contributed by atoms with van der Waals surface area (Å²) in [5.41, 5.74) is 2.57. The van der Waals surface area contributed by atoms with Crippen LogP contribution in [-0.2, 0) is 11.3 Å². The van der Waals surface area contributed by atoms with Gasteiger partial charge in [0.05, 0.1) is 6.54 Å². The highest BCUT2D eigenvalue weighted by molar-refractivity contribution is 5.79. The molecule has 1 atom stereocenters. The predicted octanol–water partition coefficient (Wildman–Crippen LogP) is 0.107. The van der Waals surface area contributed by atoms with Crippen LogP contribution in [0.25, 0.3) is 0 Å². The lowest BCUT2D eigenvalue weighted by molar-refractivity contribution is 0.146. The first-order valence-electron chi connectivity index (χ1n) is 6.59. The third-order valence-corrected chi connectivity index (χ3v) is 2.46. The zero-order valence-electron chi connectivity index (χ0n) is 11.7. The number of hydrogen-bond acceptors (Lipinski definition) is 4. The summed E-state index contributed by atoms with van der Waals surface area (Å²) >= 11 is 0. The van der Waals surface area contributed by atoms with Crippen LogP contribution in [0.2, 0.25) is 0 Å². The van der Waals surface area contributed by atoms with E-state index in [0.29, 0.717) is 12.5 Å². The molecule has 7 heteroatoms. The number of nitrogens with zero attached hydrogens (tertiary/aromatic N) is 3. The number of guanidine groups is 1. The van der Waals surface area contributed by atoms with E-state index in [4.69, 9.17) is 10.6 Å². The molecule has 7 nitrogen and oxygen atoms in total. The van der Waals surface area contributed by atoms with E-state index in [1.807, 2.05) is 23.9 Å². The smallest absolute Gasteiger partial charge is 0.205 e. The minimum absolute atomic E-state index is 0.182. The molecule has 0 saturated heterocycles. The number of aromatic nitrogens is 2. The highest BCUT2D eigenvalue weighted by atomic mass is 16.5. The van der Waals surface area contributed by atoms with Gasteiger partial charge in [-0.15, -0.1) is 0 Å². The second-order valence-corrected chi connectivity index (χ2v) is 4.20. The number of ether oxygens (including phenoxy) is 1. The van der Waals surface area contributed by atoms with Crippen molar-refractivity contribution in [1.82, 2.24) is 20.5 Å². The standard InChI is InChI=1S/C12H24N6O/c1-3-19-9-5-6-14-12(17-13)16-11(2)10-18-8-4-7-15-18/h4,7-8,11H,3,5-6,9-10,13H2,1-2H3,(H2,14,16,17). The molecule has 0 aromatic carbocycles. The maximum Gasteiger partial charge on any atom is 0.205 e. The Morgan fingerprint density at radius 1 is 1.58 bits per heavy atom. The summed E-state index contributed by atoms with van der Waals surface area (Å²) < 4.78 is 7.11. The number of nitrogens with one attached hydrogen (secondary N) is 2. The van der Waals surface area contributed by atoms with E-state index < -0.39 is 0 Å². The largest absolute Gasteiger partial charge is 0.382 e. The molecule has 0 fully saturated rings. The Labute approximate surface area is 114 Å². The maximum atomic E-state index is 5.44. The molecule has 1 aromatic rings. The Morgan fingerprint density at radius 2 is 2.42 bits per heavy atom. The van der Waals surface area contributed by atoms with E-state index in [2.05, 4.69) is 27.8 Å². The fraction of sp³-hybridized carbons (Fsp3) is 0.667. The molecule has 0 amide bonds. The van der Waals surface area contributed by atoms with E-state index in [1.165, 1.54) is 0 Å². The third kappa shape index (κ3) is 6.78. The van der Waals surface area contributed by atoms with Gasteiger partial charge in [-0.2, -0.15) is 5.10 Å². The summed E-state index contributed by atoms with van der Waals surface area (Å²) in [5.74, 6) is 6.03. The molecule has 1 unspecified atom stereocenters. The van der Waals surface area contributed by atoms with Crippen molar-refractivity contribution in [3.8, 4) is 0 Å². The Balaban J connectivity index is 2.27. The zero-order chi connectivity index (χ0) is 13.9. The molecule has 0 bridgehead atoms. The van der Waals surface area contributed by atoms with Crippen LogP contribution in [0.15, 0.2) is 23.5 Å². The quantitative estimate of drug-likeness (QED) is 0.205. The minimum Gasteiger partial charge on any atom is -0.382 e. The van der Waals surface area contributed by atoms with Gasteiger partial charge in [-0.1, -0.05) is 0 Å². The summed E-state index contributed by atoms with van der Waals surface area (Å²) in [6, 6.07) is 2.08. The van der Waals surface area contributed by atoms with Gasteiger partial charge in [-0.3, -0.25) is 15.1 Å². The van der Waals surface area contributed by atoms with E-state index in [1.54, 1.807) is 6.20 Å². The van der Waals surface area contributed by atoms with Crippen LogP contribution in [0.3, 0.4) is 0 Å². The number of nitrogens with two attached hydrogens (primary N) is 1. The van der Waals surface area contributed by atoms with Gasteiger partial charge in [0.2, 0.25) is 5.96 Å². The highest BCUT2D eigenvalue weighted by Crippen LogP contribution is 1.91. The Kier molecular flexibility index (Phi) is 7.60. The van der Waals surface area contributed by atoms with E-state index >= 15 is 0 Å². The molecule has 0 radical (unpaired) electrons. The lowest BCUT2D eigenvalue weighted by atomic mass is 10.3. The maximum absolute atomic E-state index is 5.44. The Bertz CT molecular complexity index is 351. The Hall–Kier alpha value is -1.60. The van der Waals surface area contributed by atoms with E-state index in [0.717, 1.165) is 26.2 Å². The number of aliphatic imine (C=N–C) groups is 1. The summed E-state index contributed by atoms with van der Waals surface area (Å²) in [6.45, 7) is 6.93. The summed E-state index contributed by atoms with van der Waals surface area (Å²) in [4.78, 5) is 4.34.